The van der Waals surface area contributed by atoms with Gasteiger partial charge in [0.25, 0.3) is 0 Å². The molecule has 1 N–H and O–H groups in total. The van der Waals surface area contributed by atoms with Gasteiger partial charge >= 0.3 is 0 Å². The summed E-state index contributed by atoms with van der Waals surface area (Å²) in [5.41, 5.74) is 2.88. The number of nitriles is 1. The van der Waals surface area contributed by atoms with Gasteiger partial charge in [0.15, 0.2) is 5.13 Å². The molecule has 0 spiro atoms. The fourth-order valence-corrected chi connectivity index (χ4v) is 4.59. The van der Waals surface area contributed by atoms with Crippen molar-refractivity contribution in [2.45, 2.75) is 62.1 Å². The van der Waals surface area contributed by atoms with Crippen molar-refractivity contribution in [1.82, 2.24) is 9.97 Å². The number of pyridine rings is 1. The molecule has 1 aliphatic carbocycles. The maximum atomic E-state index is 12.6. The summed E-state index contributed by atoms with van der Waals surface area (Å²) in [6.07, 6.45) is 9.03. The molecule has 0 saturated carbocycles. The Hall–Kier alpha value is -1.91. The van der Waals surface area contributed by atoms with E-state index in [0.717, 1.165) is 31.4 Å². The van der Waals surface area contributed by atoms with E-state index in [1.54, 1.807) is 6.20 Å². The number of carbonyl (C=O) groups is 1. The first-order valence-corrected chi connectivity index (χ1v) is 10.8. The Labute approximate surface area is 162 Å². The summed E-state index contributed by atoms with van der Waals surface area (Å²) in [5.74, 6) is -0.0927. The molecular weight excluding hydrogens is 364 g/mol. The second-order valence-corrected chi connectivity index (χ2v) is 8.40. The highest BCUT2D eigenvalue weighted by molar-refractivity contribution is 8.00. The van der Waals surface area contributed by atoms with Gasteiger partial charge < -0.3 is 5.32 Å². The van der Waals surface area contributed by atoms with E-state index in [9.17, 15) is 10.1 Å². The first kappa shape index (κ1) is 18.9. The minimum Gasteiger partial charge on any atom is -0.301 e. The third-order valence-electron chi connectivity index (χ3n) is 4.47. The minimum absolute atomic E-state index is 0.0927. The third-order valence-corrected chi connectivity index (χ3v) is 6.52. The van der Waals surface area contributed by atoms with E-state index in [-0.39, 0.29) is 11.2 Å². The number of carbonyl (C=O) groups excluding carboxylic acids is 1. The lowest BCUT2D eigenvalue weighted by Gasteiger charge is -2.17. The van der Waals surface area contributed by atoms with E-state index in [1.807, 2.05) is 18.4 Å². The zero-order valence-corrected chi connectivity index (χ0v) is 16.5. The number of hydrogen-bond acceptors (Lipinski definition) is 6. The van der Waals surface area contributed by atoms with Crippen molar-refractivity contribution in [1.29, 1.82) is 5.26 Å². The number of thiazole rings is 1. The van der Waals surface area contributed by atoms with Gasteiger partial charge in [-0.3, -0.25) is 4.79 Å². The van der Waals surface area contributed by atoms with Gasteiger partial charge in [-0.1, -0.05) is 31.5 Å². The number of nitrogens with one attached hydrogen (secondary N) is 1. The summed E-state index contributed by atoms with van der Waals surface area (Å²) in [7, 11) is 0. The minimum atomic E-state index is -0.301. The van der Waals surface area contributed by atoms with Crippen molar-refractivity contribution in [3.63, 3.8) is 0 Å². The Balaban J connectivity index is 1.81. The quantitative estimate of drug-likeness (QED) is 0.761. The molecule has 0 bridgehead atoms. The SMILES string of the molecule is CCC(Sc1nc2c(cc1C#N)CCCCCC2)C(=O)Nc1nccs1. The third kappa shape index (κ3) is 4.63. The normalized spacial score (nSPS) is 15.2. The lowest BCUT2D eigenvalue weighted by molar-refractivity contribution is -0.115. The Morgan fingerprint density at radius 2 is 2.19 bits per heavy atom. The largest absolute Gasteiger partial charge is 0.301 e. The van der Waals surface area contributed by atoms with Crippen LogP contribution in [0.4, 0.5) is 5.13 Å². The number of thioether (sulfide) groups is 1. The number of aryl methyl sites for hydroxylation is 2. The molecule has 1 aliphatic rings. The van der Waals surface area contributed by atoms with Crippen molar-refractivity contribution in [3.8, 4) is 6.07 Å². The Kier molecular flexibility index (Phi) is 6.64. The molecule has 5 nitrogen and oxygen atoms in total. The number of fused-ring (bicyclic) bond motifs is 1. The van der Waals surface area contributed by atoms with Gasteiger partial charge in [-0.2, -0.15) is 5.26 Å². The molecule has 2 aromatic rings. The Bertz CT molecular complexity index is 799. The number of amides is 1. The van der Waals surface area contributed by atoms with Crippen LogP contribution in [0.3, 0.4) is 0 Å². The number of aromatic nitrogens is 2. The van der Waals surface area contributed by atoms with Gasteiger partial charge in [0, 0.05) is 17.3 Å². The molecule has 1 unspecified atom stereocenters. The maximum absolute atomic E-state index is 12.6. The molecule has 2 aromatic heterocycles. The molecule has 3 rings (SSSR count). The fourth-order valence-electron chi connectivity index (χ4n) is 3.07. The van der Waals surface area contributed by atoms with Crippen LogP contribution in [-0.2, 0) is 17.6 Å². The standard InChI is InChI=1S/C19H22N4OS2/c1-2-16(17(24)23-19-21-9-10-25-19)26-18-14(12-20)11-13-7-5-3-4-6-8-15(13)22-18/h9-11,16H,2-8H2,1H3,(H,21,23,24). The predicted molar refractivity (Wildman–Crippen MR) is 106 cm³/mol. The second-order valence-electron chi connectivity index (χ2n) is 6.31. The average Bonchev–Trinajstić information content (AvgIpc) is 3.13. The number of hydrogen-bond donors (Lipinski definition) is 1. The lowest BCUT2D eigenvalue weighted by Crippen LogP contribution is -2.24. The molecular formula is C19H22N4OS2. The number of anilines is 1. The molecule has 0 fully saturated rings. The van der Waals surface area contributed by atoms with Crippen LogP contribution in [-0.4, -0.2) is 21.1 Å². The van der Waals surface area contributed by atoms with Crippen molar-refractivity contribution in [2.24, 2.45) is 0 Å². The monoisotopic (exact) mass is 386 g/mol. The van der Waals surface area contributed by atoms with Gasteiger partial charge in [0.1, 0.15) is 11.1 Å². The van der Waals surface area contributed by atoms with E-state index < -0.39 is 0 Å². The highest BCUT2D eigenvalue weighted by atomic mass is 32.2. The summed E-state index contributed by atoms with van der Waals surface area (Å²) >= 11 is 2.78. The zero-order chi connectivity index (χ0) is 18.4. The molecule has 1 amide bonds. The maximum Gasteiger partial charge on any atom is 0.239 e. The lowest BCUT2D eigenvalue weighted by atomic mass is 9.96. The molecule has 0 aliphatic heterocycles. The highest BCUT2D eigenvalue weighted by Crippen LogP contribution is 2.31. The molecule has 0 radical (unpaired) electrons. The van der Waals surface area contributed by atoms with Gasteiger partial charge in [-0.05, 0) is 43.7 Å². The van der Waals surface area contributed by atoms with E-state index in [1.165, 1.54) is 41.5 Å². The summed E-state index contributed by atoms with van der Waals surface area (Å²) in [5, 5.41) is 15.2. The second kappa shape index (κ2) is 9.15. The van der Waals surface area contributed by atoms with E-state index in [0.29, 0.717) is 22.1 Å². The fraction of sp³-hybridized carbons (Fsp3) is 0.474. The molecule has 0 aromatic carbocycles. The molecule has 136 valence electrons. The van der Waals surface area contributed by atoms with Crippen molar-refractivity contribution < 1.29 is 4.79 Å². The topological polar surface area (TPSA) is 78.7 Å². The van der Waals surface area contributed by atoms with E-state index in [4.69, 9.17) is 4.98 Å². The highest BCUT2D eigenvalue weighted by Gasteiger charge is 2.22. The Morgan fingerprint density at radius 3 is 2.88 bits per heavy atom. The van der Waals surface area contributed by atoms with Gasteiger partial charge in [0.05, 0.1) is 10.8 Å². The van der Waals surface area contributed by atoms with Gasteiger partial charge in [0.2, 0.25) is 5.91 Å². The van der Waals surface area contributed by atoms with E-state index in [2.05, 4.69) is 16.4 Å². The van der Waals surface area contributed by atoms with Crippen molar-refractivity contribution in [3.05, 3.63) is 34.5 Å². The van der Waals surface area contributed by atoms with E-state index >= 15 is 0 Å². The first-order valence-electron chi connectivity index (χ1n) is 9.01. The molecule has 2 heterocycles. The van der Waals surface area contributed by atoms with Crippen molar-refractivity contribution in [2.75, 3.05) is 5.32 Å². The summed E-state index contributed by atoms with van der Waals surface area (Å²) < 4.78 is 0. The smallest absolute Gasteiger partial charge is 0.239 e. The molecule has 1 atom stereocenters. The van der Waals surface area contributed by atoms with Crippen molar-refractivity contribution >= 4 is 34.1 Å². The van der Waals surface area contributed by atoms with Crippen LogP contribution in [0, 0.1) is 11.3 Å². The van der Waals surface area contributed by atoms with Gasteiger partial charge in [-0.15, -0.1) is 11.3 Å². The molecule has 7 heteroatoms. The van der Waals surface area contributed by atoms with Gasteiger partial charge in [-0.25, -0.2) is 9.97 Å². The van der Waals surface area contributed by atoms with Crippen LogP contribution in [0.1, 0.15) is 55.8 Å². The van der Waals surface area contributed by atoms with Crippen LogP contribution >= 0.6 is 23.1 Å². The summed E-state index contributed by atoms with van der Waals surface area (Å²) in [4.78, 5) is 21.5. The number of nitrogens with zero attached hydrogens (tertiary/aromatic N) is 3. The predicted octanol–water partition coefficient (Wildman–Crippen LogP) is 4.58. The zero-order valence-electron chi connectivity index (χ0n) is 14.8. The van der Waals surface area contributed by atoms with Crippen LogP contribution in [0.2, 0.25) is 0 Å². The Morgan fingerprint density at radius 1 is 1.38 bits per heavy atom. The first-order chi connectivity index (χ1) is 12.7. The van der Waals surface area contributed by atoms with Crippen LogP contribution in [0.15, 0.2) is 22.7 Å². The van der Waals surface area contributed by atoms with Crippen LogP contribution in [0.5, 0.6) is 0 Å². The number of rotatable bonds is 5. The average molecular weight is 387 g/mol. The van der Waals surface area contributed by atoms with Crippen LogP contribution in [0.25, 0.3) is 0 Å². The molecule has 0 saturated heterocycles. The molecule has 26 heavy (non-hydrogen) atoms. The van der Waals surface area contributed by atoms with Crippen LogP contribution < -0.4 is 5.32 Å². The summed E-state index contributed by atoms with van der Waals surface area (Å²) in [6, 6.07) is 4.26. The summed E-state index contributed by atoms with van der Waals surface area (Å²) in [6.45, 7) is 1.97.